The molecule has 0 aromatic heterocycles. The van der Waals surface area contributed by atoms with Gasteiger partial charge in [-0.2, -0.15) is 0 Å². The third-order valence-corrected chi connectivity index (χ3v) is 3.77. The molecule has 1 aromatic rings. The number of nitrogens with one attached hydrogen (secondary N) is 1. The van der Waals surface area contributed by atoms with E-state index in [9.17, 15) is 5.11 Å². The predicted octanol–water partition coefficient (Wildman–Crippen LogP) is 2.98. The van der Waals surface area contributed by atoms with Gasteiger partial charge in [0, 0.05) is 18.1 Å². The van der Waals surface area contributed by atoms with Gasteiger partial charge in [-0.3, -0.25) is 0 Å². The van der Waals surface area contributed by atoms with Crippen LogP contribution in [0.5, 0.6) is 0 Å². The molecular weight excluding hydrogens is 234 g/mol. The van der Waals surface area contributed by atoms with E-state index in [2.05, 4.69) is 5.32 Å². The Bertz CT molecular complexity index is 339. The lowest BCUT2D eigenvalue weighted by Gasteiger charge is -2.27. The largest absolute Gasteiger partial charge is 0.393 e. The Morgan fingerprint density at radius 3 is 2.59 bits per heavy atom. The van der Waals surface area contributed by atoms with Gasteiger partial charge in [0.05, 0.1) is 6.10 Å². The number of rotatable bonds is 4. The molecule has 1 fully saturated rings. The van der Waals surface area contributed by atoms with Crippen molar-refractivity contribution in [2.24, 2.45) is 5.92 Å². The van der Waals surface area contributed by atoms with E-state index in [-0.39, 0.29) is 6.10 Å². The molecule has 3 heteroatoms. The Kier molecular flexibility index (Phi) is 4.84. The third kappa shape index (κ3) is 3.98. The van der Waals surface area contributed by atoms with Gasteiger partial charge in [0.15, 0.2) is 0 Å². The van der Waals surface area contributed by atoms with Crippen molar-refractivity contribution in [3.05, 3.63) is 34.9 Å². The average molecular weight is 254 g/mol. The molecule has 0 heterocycles. The third-order valence-electron chi connectivity index (χ3n) is 3.52. The Labute approximate surface area is 108 Å². The van der Waals surface area contributed by atoms with Crippen molar-refractivity contribution in [1.29, 1.82) is 0 Å². The molecule has 1 aliphatic carbocycles. The summed E-state index contributed by atoms with van der Waals surface area (Å²) in [4.78, 5) is 0. The SMILES string of the molecule is O[C@@H]1CCCC[C@H]1CNCc1ccc(Cl)cc1. The summed E-state index contributed by atoms with van der Waals surface area (Å²) >= 11 is 5.83. The maximum absolute atomic E-state index is 9.85. The van der Waals surface area contributed by atoms with Crippen molar-refractivity contribution >= 4 is 11.6 Å². The van der Waals surface area contributed by atoms with Crippen molar-refractivity contribution in [3.8, 4) is 0 Å². The topological polar surface area (TPSA) is 32.3 Å². The number of hydrogen-bond donors (Lipinski definition) is 2. The molecule has 2 atom stereocenters. The number of aliphatic hydroxyl groups excluding tert-OH is 1. The molecule has 0 aliphatic heterocycles. The standard InChI is InChI=1S/C14H20ClNO/c15-13-7-5-11(6-8-13)9-16-10-12-3-1-2-4-14(12)17/h5-8,12,14,16-17H,1-4,9-10H2/t12-,14+/m0/s1. The molecule has 0 spiro atoms. The van der Waals surface area contributed by atoms with Gasteiger partial charge in [-0.25, -0.2) is 0 Å². The zero-order valence-electron chi connectivity index (χ0n) is 10.0. The van der Waals surface area contributed by atoms with Crippen LogP contribution in [0.15, 0.2) is 24.3 Å². The van der Waals surface area contributed by atoms with Crippen LogP contribution in [0, 0.1) is 5.92 Å². The molecular formula is C14H20ClNO. The van der Waals surface area contributed by atoms with Crippen LogP contribution in [0.2, 0.25) is 5.02 Å². The summed E-state index contributed by atoms with van der Waals surface area (Å²) in [7, 11) is 0. The molecule has 0 saturated heterocycles. The van der Waals surface area contributed by atoms with Crippen molar-refractivity contribution in [1.82, 2.24) is 5.32 Å². The normalized spacial score (nSPS) is 24.8. The van der Waals surface area contributed by atoms with E-state index in [0.717, 1.165) is 31.0 Å². The molecule has 0 bridgehead atoms. The molecule has 0 radical (unpaired) electrons. The van der Waals surface area contributed by atoms with Crippen molar-refractivity contribution in [3.63, 3.8) is 0 Å². The minimum atomic E-state index is -0.110. The second-order valence-electron chi connectivity index (χ2n) is 4.87. The summed E-state index contributed by atoms with van der Waals surface area (Å²) in [5.74, 6) is 0.427. The molecule has 0 amide bonds. The number of halogens is 1. The molecule has 1 aliphatic rings. The Morgan fingerprint density at radius 2 is 1.88 bits per heavy atom. The monoisotopic (exact) mass is 253 g/mol. The zero-order chi connectivity index (χ0) is 12.1. The number of aliphatic hydroxyl groups is 1. The second-order valence-corrected chi connectivity index (χ2v) is 5.31. The van der Waals surface area contributed by atoms with E-state index in [4.69, 9.17) is 11.6 Å². The predicted molar refractivity (Wildman–Crippen MR) is 71.1 cm³/mol. The minimum Gasteiger partial charge on any atom is -0.393 e. The maximum Gasteiger partial charge on any atom is 0.0580 e. The summed E-state index contributed by atoms with van der Waals surface area (Å²) < 4.78 is 0. The van der Waals surface area contributed by atoms with Crippen LogP contribution < -0.4 is 5.32 Å². The highest BCUT2D eigenvalue weighted by molar-refractivity contribution is 6.30. The van der Waals surface area contributed by atoms with Gasteiger partial charge in [-0.15, -0.1) is 0 Å². The average Bonchev–Trinajstić information content (AvgIpc) is 2.34. The fourth-order valence-corrected chi connectivity index (χ4v) is 2.56. The van der Waals surface area contributed by atoms with E-state index in [1.54, 1.807) is 0 Å². The van der Waals surface area contributed by atoms with Gasteiger partial charge >= 0.3 is 0 Å². The number of hydrogen-bond acceptors (Lipinski definition) is 2. The van der Waals surface area contributed by atoms with E-state index >= 15 is 0 Å². The van der Waals surface area contributed by atoms with Gasteiger partial charge in [-0.05, 0) is 36.5 Å². The van der Waals surface area contributed by atoms with Gasteiger partial charge in [0.25, 0.3) is 0 Å². The first-order valence-electron chi connectivity index (χ1n) is 6.39. The fraction of sp³-hybridized carbons (Fsp3) is 0.571. The minimum absolute atomic E-state index is 0.110. The van der Waals surface area contributed by atoms with Crippen molar-refractivity contribution < 1.29 is 5.11 Å². The summed E-state index contributed by atoms with van der Waals surface area (Å²) in [6.07, 6.45) is 4.43. The Morgan fingerprint density at radius 1 is 1.18 bits per heavy atom. The lowest BCUT2D eigenvalue weighted by atomic mass is 9.86. The van der Waals surface area contributed by atoms with Crippen molar-refractivity contribution in [2.45, 2.75) is 38.3 Å². The molecule has 17 heavy (non-hydrogen) atoms. The van der Waals surface area contributed by atoms with Crippen molar-refractivity contribution in [2.75, 3.05) is 6.54 Å². The summed E-state index contributed by atoms with van der Waals surface area (Å²) in [6, 6.07) is 7.89. The van der Waals surface area contributed by atoms with Crippen LogP contribution in [-0.2, 0) is 6.54 Å². The molecule has 2 N–H and O–H groups in total. The first-order chi connectivity index (χ1) is 8.25. The molecule has 1 aromatic carbocycles. The van der Waals surface area contributed by atoms with E-state index in [0.29, 0.717) is 5.92 Å². The fourth-order valence-electron chi connectivity index (χ4n) is 2.43. The van der Waals surface area contributed by atoms with Crippen LogP contribution >= 0.6 is 11.6 Å². The van der Waals surface area contributed by atoms with E-state index in [1.807, 2.05) is 24.3 Å². The second kappa shape index (κ2) is 6.39. The van der Waals surface area contributed by atoms with Crippen LogP contribution in [0.1, 0.15) is 31.2 Å². The van der Waals surface area contributed by atoms with Crippen LogP contribution in [0.4, 0.5) is 0 Å². The van der Waals surface area contributed by atoms with E-state index in [1.165, 1.54) is 18.4 Å². The first-order valence-corrected chi connectivity index (χ1v) is 6.77. The van der Waals surface area contributed by atoms with Crippen LogP contribution in [0.3, 0.4) is 0 Å². The maximum atomic E-state index is 9.85. The van der Waals surface area contributed by atoms with Gasteiger partial charge in [0.2, 0.25) is 0 Å². The molecule has 2 rings (SSSR count). The summed E-state index contributed by atoms with van der Waals surface area (Å²) in [5.41, 5.74) is 1.24. The van der Waals surface area contributed by atoms with Gasteiger partial charge in [-0.1, -0.05) is 36.6 Å². The smallest absolute Gasteiger partial charge is 0.0580 e. The van der Waals surface area contributed by atoms with E-state index < -0.39 is 0 Å². The quantitative estimate of drug-likeness (QED) is 0.865. The molecule has 1 saturated carbocycles. The Hall–Kier alpha value is -0.570. The number of benzene rings is 1. The van der Waals surface area contributed by atoms with Gasteiger partial charge < -0.3 is 10.4 Å². The lowest BCUT2D eigenvalue weighted by molar-refractivity contribution is 0.0695. The zero-order valence-corrected chi connectivity index (χ0v) is 10.8. The molecule has 94 valence electrons. The molecule has 2 nitrogen and oxygen atoms in total. The van der Waals surface area contributed by atoms with Crippen LogP contribution in [-0.4, -0.2) is 17.8 Å². The highest BCUT2D eigenvalue weighted by Crippen LogP contribution is 2.23. The molecule has 0 unspecified atom stereocenters. The first kappa shape index (κ1) is 12.9. The highest BCUT2D eigenvalue weighted by atomic mass is 35.5. The lowest BCUT2D eigenvalue weighted by Crippen LogP contribution is -2.33. The highest BCUT2D eigenvalue weighted by Gasteiger charge is 2.22. The Balaban J connectivity index is 1.73. The summed E-state index contributed by atoms with van der Waals surface area (Å²) in [6.45, 7) is 1.75. The summed E-state index contributed by atoms with van der Waals surface area (Å²) in [5, 5.41) is 14.0. The van der Waals surface area contributed by atoms with Gasteiger partial charge in [0.1, 0.15) is 0 Å². The van der Waals surface area contributed by atoms with Crippen LogP contribution in [0.25, 0.3) is 0 Å².